The molecule has 0 amide bonds. The Kier molecular flexibility index (Phi) is 7.48. The number of thiazole rings is 1. The van der Waals surface area contributed by atoms with E-state index in [1.165, 1.54) is 6.07 Å². The van der Waals surface area contributed by atoms with Crippen LogP contribution in [0.5, 0.6) is 17.2 Å². The van der Waals surface area contributed by atoms with E-state index in [4.69, 9.17) is 19.2 Å². The molecule has 2 aromatic carbocycles. The standard InChI is InChI=1S/C25H27N3O5S2/c1-31-21-13-17(14-22(32-2)24(21)33-3)12-19-16-34-25(27-19)28-10-8-20(9-11-28)35(29,30)23-7-5-4-6-18(23)15-26/h4-7,13-14,16,20H,8-12H2,1-3H3. The molecule has 8 nitrogen and oxygen atoms in total. The van der Waals surface area contributed by atoms with Crippen molar-refractivity contribution >= 4 is 26.3 Å². The van der Waals surface area contributed by atoms with E-state index in [9.17, 15) is 13.7 Å². The average Bonchev–Trinajstić information content (AvgIpc) is 3.36. The molecule has 4 rings (SSSR count). The summed E-state index contributed by atoms with van der Waals surface area (Å²) in [5.41, 5.74) is 2.10. The van der Waals surface area contributed by atoms with Gasteiger partial charge in [0, 0.05) is 24.9 Å². The first kappa shape index (κ1) is 24.8. The van der Waals surface area contributed by atoms with Gasteiger partial charge in [-0.05, 0) is 42.7 Å². The first-order chi connectivity index (χ1) is 16.9. The Morgan fingerprint density at radius 1 is 1.09 bits per heavy atom. The van der Waals surface area contributed by atoms with Crippen molar-refractivity contribution in [3.8, 4) is 23.3 Å². The van der Waals surface area contributed by atoms with Crippen LogP contribution in [0.1, 0.15) is 29.7 Å². The van der Waals surface area contributed by atoms with Gasteiger partial charge in [0.1, 0.15) is 6.07 Å². The van der Waals surface area contributed by atoms with Gasteiger partial charge in [0.15, 0.2) is 26.5 Å². The Balaban J connectivity index is 1.44. The van der Waals surface area contributed by atoms with E-state index in [1.54, 1.807) is 50.9 Å². The Morgan fingerprint density at radius 3 is 2.34 bits per heavy atom. The number of benzene rings is 2. The summed E-state index contributed by atoms with van der Waals surface area (Å²) in [5, 5.41) is 11.7. The third-order valence-electron chi connectivity index (χ3n) is 6.11. The van der Waals surface area contributed by atoms with E-state index in [0.29, 0.717) is 49.6 Å². The Hall–Kier alpha value is -3.29. The number of nitrogens with zero attached hydrogens (tertiary/aromatic N) is 3. The van der Waals surface area contributed by atoms with E-state index >= 15 is 0 Å². The highest BCUT2D eigenvalue weighted by Gasteiger charge is 2.33. The summed E-state index contributed by atoms with van der Waals surface area (Å²) in [6.07, 6.45) is 1.58. The minimum absolute atomic E-state index is 0.128. The number of hydrogen-bond acceptors (Lipinski definition) is 9. The SMILES string of the molecule is COc1cc(Cc2csc(N3CCC(S(=O)(=O)c4ccccc4C#N)CC3)n2)cc(OC)c1OC. The lowest BCUT2D eigenvalue weighted by Crippen LogP contribution is -2.39. The predicted molar refractivity (Wildman–Crippen MR) is 135 cm³/mol. The van der Waals surface area contributed by atoms with Crippen LogP contribution in [0.25, 0.3) is 0 Å². The van der Waals surface area contributed by atoms with Gasteiger partial charge in [-0.25, -0.2) is 13.4 Å². The lowest BCUT2D eigenvalue weighted by Gasteiger charge is -2.31. The third-order valence-corrected chi connectivity index (χ3v) is 9.38. The molecule has 0 spiro atoms. The minimum Gasteiger partial charge on any atom is -0.493 e. The molecular weight excluding hydrogens is 486 g/mol. The molecule has 2 heterocycles. The van der Waals surface area contributed by atoms with Gasteiger partial charge in [-0.15, -0.1) is 11.3 Å². The lowest BCUT2D eigenvalue weighted by atomic mass is 10.1. The summed E-state index contributed by atoms with van der Waals surface area (Å²) < 4.78 is 42.6. The summed E-state index contributed by atoms with van der Waals surface area (Å²) >= 11 is 1.55. The summed E-state index contributed by atoms with van der Waals surface area (Å²) in [6.45, 7) is 1.19. The zero-order valence-corrected chi connectivity index (χ0v) is 21.5. The van der Waals surface area contributed by atoms with Crippen LogP contribution in [-0.2, 0) is 16.3 Å². The van der Waals surface area contributed by atoms with Gasteiger partial charge >= 0.3 is 0 Å². The van der Waals surface area contributed by atoms with Gasteiger partial charge in [-0.1, -0.05) is 12.1 Å². The molecule has 3 aromatic rings. The van der Waals surface area contributed by atoms with Crippen LogP contribution in [0.4, 0.5) is 5.13 Å². The Morgan fingerprint density at radius 2 is 1.74 bits per heavy atom. The monoisotopic (exact) mass is 513 g/mol. The van der Waals surface area contributed by atoms with Crippen molar-refractivity contribution in [1.82, 2.24) is 4.98 Å². The molecule has 1 aliphatic heterocycles. The molecule has 0 bridgehead atoms. The number of nitriles is 1. The number of aromatic nitrogens is 1. The maximum atomic E-state index is 13.2. The van der Waals surface area contributed by atoms with Crippen molar-refractivity contribution in [2.45, 2.75) is 29.4 Å². The lowest BCUT2D eigenvalue weighted by molar-refractivity contribution is 0.324. The molecule has 0 atom stereocenters. The molecule has 1 aliphatic rings. The second kappa shape index (κ2) is 10.5. The normalized spacial score (nSPS) is 14.4. The third kappa shape index (κ3) is 5.06. The Bertz CT molecular complexity index is 1310. The molecule has 35 heavy (non-hydrogen) atoms. The Labute approximate surface area is 209 Å². The molecule has 0 N–H and O–H groups in total. The van der Waals surface area contributed by atoms with Crippen LogP contribution in [-0.4, -0.2) is 53.1 Å². The number of rotatable bonds is 8. The number of piperidine rings is 1. The first-order valence-corrected chi connectivity index (χ1v) is 13.5. The number of sulfone groups is 1. The maximum Gasteiger partial charge on any atom is 0.203 e. The maximum absolute atomic E-state index is 13.2. The second-order valence-electron chi connectivity index (χ2n) is 8.17. The summed E-state index contributed by atoms with van der Waals surface area (Å²) in [7, 11) is 1.18. The molecule has 1 saturated heterocycles. The molecule has 0 aliphatic carbocycles. The molecule has 0 unspecified atom stereocenters. The molecular formula is C25H27N3O5S2. The number of methoxy groups -OCH3 is 3. The minimum atomic E-state index is -3.57. The van der Waals surface area contributed by atoms with Crippen molar-refractivity contribution in [3.05, 3.63) is 58.6 Å². The summed E-state index contributed by atoms with van der Waals surface area (Å²) in [6, 6.07) is 12.2. The molecule has 1 aromatic heterocycles. The smallest absolute Gasteiger partial charge is 0.203 e. The number of ether oxygens (including phenoxy) is 3. The largest absolute Gasteiger partial charge is 0.493 e. The van der Waals surface area contributed by atoms with Crippen LogP contribution in [0.15, 0.2) is 46.7 Å². The fraction of sp³-hybridized carbons (Fsp3) is 0.360. The van der Waals surface area contributed by atoms with Gasteiger partial charge in [0.05, 0.1) is 42.7 Å². The van der Waals surface area contributed by atoms with Gasteiger partial charge in [0.25, 0.3) is 0 Å². The average molecular weight is 514 g/mol. The van der Waals surface area contributed by atoms with E-state index in [0.717, 1.165) is 16.4 Å². The summed E-state index contributed by atoms with van der Waals surface area (Å²) in [4.78, 5) is 7.05. The van der Waals surface area contributed by atoms with Crippen molar-refractivity contribution in [2.24, 2.45) is 0 Å². The highest BCUT2D eigenvalue weighted by molar-refractivity contribution is 7.92. The van der Waals surface area contributed by atoms with E-state index in [1.807, 2.05) is 23.6 Å². The van der Waals surface area contributed by atoms with Crippen LogP contribution < -0.4 is 19.1 Å². The van der Waals surface area contributed by atoms with E-state index < -0.39 is 15.1 Å². The van der Waals surface area contributed by atoms with Crippen molar-refractivity contribution in [2.75, 3.05) is 39.3 Å². The molecule has 10 heteroatoms. The number of hydrogen-bond donors (Lipinski definition) is 0. The fourth-order valence-electron chi connectivity index (χ4n) is 4.31. The van der Waals surface area contributed by atoms with E-state index in [-0.39, 0.29) is 10.5 Å². The highest BCUT2D eigenvalue weighted by atomic mass is 32.2. The first-order valence-electron chi connectivity index (χ1n) is 11.1. The van der Waals surface area contributed by atoms with Gasteiger partial charge in [0.2, 0.25) is 5.75 Å². The van der Waals surface area contributed by atoms with Crippen molar-refractivity contribution in [3.63, 3.8) is 0 Å². The topological polar surface area (TPSA) is 102 Å². The van der Waals surface area contributed by atoms with Crippen molar-refractivity contribution in [1.29, 1.82) is 5.26 Å². The van der Waals surface area contributed by atoms with Gasteiger partial charge in [-0.3, -0.25) is 0 Å². The molecule has 0 radical (unpaired) electrons. The highest BCUT2D eigenvalue weighted by Crippen LogP contribution is 2.39. The fourth-order valence-corrected chi connectivity index (χ4v) is 7.07. The molecule has 184 valence electrons. The van der Waals surface area contributed by atoms with E-state index in [2.05, 4.69) is 4.90 Å². The van der Waals surface area contributed by atoms with Crippen LogP contribution in [0.2, 0.25) is 0 Å². The molecule has 1 fully saturated rings. The zero-order valence-electron chi connectivity index (χ0n) is 19.9. The zero-order chi connectivity index (χ0) is 25.0. The van der Waals surface area contributed by atoms with Crippen LogP contribution in [0.3, 0.4) is 0 Å². The second-order valence-corrected chi connectivity index (χ2v) is 11.2. The quantitative estimate of drug-likeness (QED) is 0.444. The van der Waals surface area contributed by atoms with Crippen molar-refractivity contribution < 1.29 is 22.6 Å². The summed E-state index contributed by atoms with van der Waals surface area (Å²) in [5.74, 6) is 1.74. The van der Waals surface area contributed by atoms with Crippen LogP contribution >= 0.6 is 11.3 Å². The predicted octanol–water partition coefficient (Wildman–Crippen LogP) is 4.07. The van der Waals surface area contributed by atoms with Gasteiger partial charge < -0.3 is 19.1 Å². The number of anilines is 1. The van der Waals surface area contributed by atoms with Gasteiger partial charge in [-0.2, -0.15) is 5.26 Å². The molecule has 0 saturated carbocycles. The van der Waals surface area contributed by atoms with Crippen LogP contribution in [0, 0.1) is 11.3 Å².